The summed E-state index contributed by atoms with van der Waals surface area (Å²) in [5.74, 6) is 1.16. The number of hydrogen-bond donors (Lipinski definition) is 1. The summed E-state index contributed by atoms with van der Waals surface area (Å²) < 4.78 is 11.2. The summed E-state index contributed by atoms with van der Waals surface area (Å²) in [6, 6.07) is 14.4. The summed E-state index contributed by atoms with van der Waals surface area (Å²) >= 11 is 1.60. The van der Waals surface area contributed by atoms with Crippen molar-refractivity contribution in [3.05, 3.63) is 70.2 Å². The first kappa shape index (κ1) is 17.9. The molecule has 0 radical (unpaired) electrons. The van der Waals surface area contributed by atoms with Gasteiger partial charge >= 0.3 is 0 Å². The number of ether oxygens (including phenoxy) is 2. The molecule has 2 aromatic carbocycles. The number of thiazole rings is 1. The Balaban J connectivity index is 1.62. The van der Waals surface area contributed by atoms with Gasteiger partial charge in [-0.15, -0.1) is 11.3 Å². The molecule has 6 heteroatoms. The van der Waals surface area contributed by atoms with Gasteiger partial charge in [-0.25, -0.2) is 4.98 Å². The molecule has 0 unspecified atom stereocenters. The first-order valence-corrected chi connectivity index (χ1v) is 9.20. The van der Waals surface area contributed by atoms with Crippen LogP contribution in [0.15, 0.2) is 53.9 Å². The highest BCUT2D eigenvalue weighted by atomic mass is 32.1. The highest BCUT2D eigenvalue weighted by molar-refractivity contribution is 7.09. The Labute approximate surface area is 156 Å². The molecule has 0 fully saturated rings. The molecule has 1 aromatic heterocycles. The average molecular weight is 368 g/mol. The molecule has 1 amide bonds. The Kier molecular flexibility index (Phi) is 5.86. The standard InChI is InChI=1S/C20H20N2O3S/c1-3-24-19-7-5-4-6-18(19)22-20(23)15-8-10-17(11-9-15)25-12-16-13-26-14(2)21-16/h4-11,13H,3,12H2,1-2H3,(H,22,23). The maximum absolute atomic E-state index is 12.4. The van der Waals surface area contributed by atoms with E-state index in [-0.39, 0.29) is 5.91 Å². The van der Waals surface area contributed by atoms with Crippen LogP contribution in [0, 0.1) is 6.92 Å². The number of hydrogen-bond acceptors (Lipinski definition) is 5. The summed E-state index contributed by atoms with van der Waals surface area (Å²) in [7, 11) is 0. The summed E-state index contributed by atoms with van der Waals surface area (Å²) in [5.41, 5.74) is 2.11. The van der Waals surface area contributed by atoms with Crippen molar-refractivity contribution in [2.45, 2.75) is 20.5 Å². The lowest BCUT2D eigenvalue weighted by Gasteiger charge is -2.11. The number of nitrogens with zero attached hydrogens (tertiary/aromatic N) is 1. The molecule has 0 saturated carbocycles. The molecule has 134 valence electrons. The van der Waals surface area contributed by atoms with Crippen molar-refractivity contribution in [3.8, 4) is 11.5 Å². The summed E-state index contributed by atoms with van der Waals surface area (Å²) in [4.78, 5) is 16.8. The van der Waals surface area contributed by atoms with Crippen LogP contribution in [0.4, 0.5) is 5.69 Å². The molecule has 0 aliphatic heterocycles. The van der Waals surface area contributed by atoms with Crippen LogP contribution in [0.5, 0.6) is 11.5 Å². The van der Waals surface area contributed by atoms with Crippen molar-refractivity contribution < 1.29 is 14.3 Å². The number of nitrogens with one attached hydrogen (secondary N) is 1. The molecule has 1 heterocycles. The third-order valence-electron chi connectivity index (χ3n) is 3.60. The topological polar surface area (TPSA) is 60.5 Å². The molecule has 0 spiro atoms. The quantitative estimate of drug-likeness (QED) is 0.658. The first-order chi connectivity index (χ1) is 12.7. The molecule has 1 N–H and O–H groups in total. The Morgan fingerprint density at radius 2 is 1.88 bits per heavy atom. The van der Waals surface area contributed by atoms with Gasteiger partial charge in [0, 0.05) is 10.9 Å². The predicted octanol–water partition coefficient (Wildman–Crippen LogP) is 4.68. The third kappa shape index (κ3) is 4.61. The highest BCUT2D eigenvalue weighted by Gasteiger charge is 2.10. The monoisotopic (exact) mass is 368 g/mol. The van der Waals surface area contributed by atoms with Gasteiger partial charge in [0.25, 0.3) is 5.91 Å². The Hall–Kier alpha value is -2.86. The van der Waals surface area contributed by atoms with E-state index in [0.717, 1.165) is 10.7 Å². The number of carbonyl (C=O) groups is 1. The largest absolute Gasteiger partial charge is 0.492 e. The van der Waals surface area contributed by atoms with Gasteiger partial charge in [0.05, 0.1) is 23.0 Å². The fraction of sp³-hybridized carbons (Fsp3) is 0.200. The summed E-state index contributed by atoms with van der Waals surface area (Å²) in [6.07, 6.45) is 0. The maximum Gasteiger partial charge on any atom is 0.255 e. The number of para-hydroxylation sites is 2. The zero-order chi connectivity index (χ0) is 18.4. The van der Waals surface area contributed by atoms with Gasteiger partial charge in [-0.1, -0.05) is 12.1 Å². The van der Waals surface area contributed by atoms with Gasteiger partial charge in [-0.05, 0) is 50.2 Å². The molecule has 0 saturated heterocycles. The number of anilines is 1. The molecule has 0 bridgehead atoms. The van der Waals surface area contributed by atoms with Crippen LogP contribution in [0.3, 0.4) is 0 Å². The maximum atomic E-state index is 12.4. The first-order valence-electron chi connectivity index (χ1n) is 8.32. The Morgan fingerprint density at radius 3 is 2.58 bits per heavy atom. The van der Waals surface area contributed by atoms with Crippen LogP contribution in [0.2, 0.25) is 0 Å². The molecule has 0 atom stereocenters. The third-order valence-corrected chi connectivity index (χ3v) is 4.43. The molecule has 3 aromatic rings. The fourth-order valence-electron chi connectivity index (χ4n) is 2.38. The number of aromatic nitrogens is 1. The normalized spacial score (nSPS) is 10.4. The average Bonchev–Trinajstić information content (AvgIpc) is 3.07. The summed E-state index contributed by atoms with van der Waals surface area (Å²) in [5, 5.41) is 5.87. The molecule has 5 nitrogen and oxygen atoms in total. The lowest BCUT2D eigenvalue weighted by Crippen LogP contribution is -2.12. The van der Waals surface area contributed by atoms with Crippen LogP contribution in [0.25, 0.3) is 0 Å². The van der Waals surface area contributed by atoms with Gasteiger partial charge in [-0.2, -0.15) is 0 Å². The van der Waals surface area contributed by atoms with Crippen molar-refractivity contribution in [3.63, 3.8) is 0 Å². The van der Waals surface area contributed by atoms with Gasteiger partial charge in [0.1, 0.15) is 18.1 Å². The zero-order valence-corrected chi connectivity index (χ0v) is 15.5. The van der Waals surface area contributed by atoms with E-state index in [2.05, 4.69) is 10.3 Å². The van der Waals surface area contributed by atoms with Crippen molar-refractivity contribution in [1.29, 1.82) is 0 Å². The van der Waals surface area contributed by atoms with E-state index in [0.29, 0.717) is 36.0 Å². The molecule has 0 aliphatic carbocycles. The van der Waals surface area contributed by atoms with Crippen molar-refractivity contribution >= 4 is 22.9 Å². The zero-order valence-electron chi connectivity index (χ0n) is 14.7. The minimum absolute atomic E-state index is 0.196. The van der Waals surface area contributed by atoms with E-state index < -0.39 is 0 Å². The molecular formula is C20H20N2O3S. The Bertz CT molecular complexity index is 875. The lowest BCUT2D eigenvalue weighted by molar-refractivity contribution is 0.102. The van der Waals surface area contributed by atoms with Crippen LogP contribution in [-0.2, 0) is 6.61 Å². The van der Waals surface area contributed by atoms with E-state index in [1.807, 2.05) is 43.5 Å². The number of amides is 1. The van der Waals surface area contributed by atoms with E-state index >= 15 is 0 Å². The van der Waals surface area contributed by atoms with E-state index in [1.165, 1.54) is 0 Å². The SMILES string of the molecule is CCOc1ccccc1NC(=O)c1ccc(OCc2csc(C)n2)cc1. The minimum Gasteiger partial charge on any atom is -0.492 e. The molecule has 3 rings (SSSR count). The van der Waals surface area contributed by atoms with Crippen molar-refractivity contribution in [2.75, 3.05) is 11.9 Å². The van der Waals surface area contributed by atoms with E-state index in [1.54, 1.807) is 35.6 Å². The number of rotatable bonds is 7. The summed E-state index contributed by atoms with van der Waals surface area (Å²) in [6.45, 7) is 4.82. The van der Waals surface area contributed by atoms with Gasteiger partial charge in [0.15, 0.2) is 0 Å². The second kappa shape index (κ2) is 8.49. The van der Waals surface area contributed by atoms with Crippen LogP contribution >= 0.6 is 11.3 Å². The second-order valence-corrected chi connectivity index (χ2v) is 6.62. The van der Waals surface area contributed by atoms with Crippen LogP contribution in [-0.4, -0.2) is 17.5 Å². The van der Waals surface area contributed by atoms with Gasteiger partial charge < -0.3 is 14.8 Å². The van der Waals surface area contributed by atoms with Gasteiger partial charge in [-0.3, -0.25) is 4.79 Å². The van der Waals surface area contributed by atoms with E-state index in [4.69, 9.17) is 9.47 Å². The van der Waals surface area contributed by atoms with Crippen LogP contribution in [0.1, 0.15) is 28.0 Å². The van der Waals surface area contributed by atoms with Crippen molar-refractivity contribution in [2.24, 2.45) is 0 Å². The van der Waals surface area contributed by atoms with Crippen LogP contribution < -0.4 is 14.8 Å². The fourth-order valence-corrected chi connectivity index (χ4v) is 2.98. The minimum atomic E-state index is -0.196. The number of benzene rings is 2. The second-order valence-electron chi connectivity index (χ2n) is 5.55. The Morgan fingerprint density at radius 1 is 1.12 bits per heavy atom. The highest BCUT2D eigenvalue weighted by Crippen LogP contribution is 2.24. The lowest BCUT2D eigenvalue weighted by atomic mass is 10.2. The molecule has 0 aliphatic rings. The number of carbonyl (C=O) groups excluding carboxylic acids is 1. The van der Waals surface area contributed by atoms with Gasteiger partial charge in [0.2, 0.25) is 0 Å². The smallest absolute Gasteiger partial charge is 0.255 e. The predicted molar refractivity (Wildman–Crippen MR) is 103 cm³/mol. The number of aryl methyl sites for hydroxylation is 1. The van der Waals surface area contributed by atoms with Crippen molar-refractivity contribution in [1.82, 2.24) is 4.98 Å². The van der Waals surface area contributed by atoms with E-state index in [9.17, 15) is 4.79 Å². The molecular weight excluding hydrogens is 348 g/mol. The molecule has 26 heavy (non-hydrogen) atoms.